The van der Waals surface area contributed by atoms with Crippen LogP contribution in [0.3, 0.4) is 0 Å². The molecule has 1 aliphatic rings. The molecule has 1 saturated heterocycles. The van der Waals surface area contributed by atoms with Gasteiger partial charge in [-0.2, -0.15) is 4.98 Å². The molecule has 3 heterocycles. The van der Waals surface area contributed by atoms with Crippen molar-refractivity contribution in [1.82, 2.24) is 14.9 Å². The van der Waals surface area contributed by atoms with Crippen LogP contribution >= 0.6 is 11.3 Å². The van der Waals surface area contributed by atoms with Crippen LogP contribution in [0.5, 0.6) is 17.4 Å². The van der Waals surface area contributed by atoms with Crippen LogP contribution in [0.4, 0.5) is 0 Å². The fraction of sp³-hybridized carbons (Fsp3) is 0.409. The Balaban J connectivity index is 1.74. The van der Waals surface area contributed by atoms with Gasteiger partial charge in [-0.15, -0.1) is 11.3 Å². The molecule has 0 spiro atoms. The lowest BCUT2D eigenvalue weighted by atomic mass is 10.1. The van der Waals surface area contributed by atoms with Gasteiger partial charge in [0.15, 0.2) is 17.3 Å². The van der Waals surface area contributed by atoms with Crippen molar-refractivity contribution in [3.05, 3.63) is 40.0 Å². The molecule has 7 nitrogen and oxygen atoms in total. The summed E-state index contributed by atoms with van der Waals surface area (Å²) in [5.41, 5.74) is 1.69. The molecule has 1 aromatic carbocycles. The van der Waals surface area contributed by atoms with Gasteiger partial charge >= 0.3 is 0 Å². The molecule has 30 heavy (non-hydrogen) atoms. The van der Waals surface area contributed by atoms with Crippen molar-refractivity contribution in [1.29, 1.82) is 0 Å². The van der Waals surface area contributed by atoms with E-state index in [1.54, 1.807) is 36.6 Å². The summed E-state index contributed by atoms with van der Waals surface area (Å²) in [4.78, 5) is 25.7. The molecule has 8 heteroatoms. The molecule has 158 valence electrons. The average molecular weight is 428 g/mol. The topological polar surface area (TPSA) is 73.8 Å². The molecule has 0 radical (unpaired) electrons. The number of aromatic nitrogens is 2. The second kappa shape index (κ2) is 8.67. The molecule has 0 N–H and O–H groups in total. The lowest BCUT2D eigenvalue weighted by Gasteiger charge is -2.25. The summed E-state index contributed by atoms with van der Waals surface area (Å²) in [6.45, 7) is 9.48. The predicted molar refractivity (Wildman–Crippen MR) is 116 cm³/mol. The Hall–Kier alpha value is -2.55. The van der Waals surface area contributed by atoms with Crippen molar-refractivity contribution >= 4 is 27.3 Å². The number of carbonyl (C=O) groups is 1. The highest BCUT2D eigenvalue weighted by Crippen LogP contribution is 2.39. The van der Waals surface area contributed by atoms with E-state index in [0.717, 1.165) is 47.9 Å². The van der Waals surface area contributed by atoms with Gasteiger partial charge < -0.3 is 14.2 Å². The number of hydrogen-bond acceptors (Lipinski definition) is 8. The number of hydrogen-bond donors (Lipinski definition) is 0. The minimum atomic E-state index is -0.0265. The number of morpholine rings is 1. The Morgan fingerprint density at radius 1 is 1.20 bits per heavy atom. The maximum Gasteiger partial charge on any atom is 0.231 e. The summed E-state index contributed by atoms with van der Waals surface area (Å²) >= 11 is 1.65. The van der Waals surface area contributed by atoms with Crippen LogP contribution in [-0.4, -0.2) is 54.1 Å². The van der Waals surface area contributed by atoms with Gasteiger partial charge in [0, 0.05) is 23.5 Å². The number of fused-ring (bicyclic) bond motifs is 1. The molecule has 4 rings (SSSR count). The van der Waals surface area contributed by atoms with E-state index in [-0.39, 0.29) is 5.78 Å². The second-order valence-electron chi connectivity index (χ2n) is 7.32. The van der Waals surface area contributed by atoms with Gasteiger partial charge in [0.2, 0.25) is 5.88 Å². The fourth-order valence-electron chi connectivity index (χ4n) is 3.43. The van der Waals surface area contributed by atoms with E-state index in [1.807, 2.05) is 0 Å². The lowest BCUT2D eigenvalue weighted by molar-refractivity contribution is 0.0330. The molecule has 0 amide bonds. The zero-order valence-electron chi connectivity index (χ0n) is 17.7. The van der Waals surface area contributed by atoms with Gasteiger partial charge in [0.1, 0.15) is 10.7 Å². The van der Waals surface area contributed by atoms with E-state index in [0.29, 0.717) is 29.5 Å². The normalized spacial score (nSPS) is 14.8. The Kier molecular flexibility index (Phi) is 5.99. The third kappa shape index (κ3) is 4.16. The summed E-state index contributed by atoms with van der Waals surface area (Å²) in [5, 5.41) is 0.918. The number of ether oxygens (including phenoxy) is 3. The van der Waals surface area contributed by atoms with Gasteiger partial charge in [0.25, 0.3) is 0 Å². The summed E-state index contributed by atoms with van der Waals surface area (Å²) in [6.07, 6.45) is 0. The monoisotopic (exact) mass is 427 g/mol. The van der Waals surface area contributed by atoms with Crippen molar-refractivity contribution in [2.75, 3.05) is 33.4 Å². The van der Waals surface area contributed by atoms with Gasteiger partial charge in [-0.05, 0) is 44.5 Å². The number of ketones is 1. The average Bonchev–Trinajstić information content (AvgIpc) is 3.02. The van der Waals surface area contributed by atoms with Crippen molar-refractivity contribution in [2.45, 2.75) is 27.3 Å². The molecule has 3 aromatic rings. The Morgan fingerprint density at radius 2 is 1.97 bits per heavy atom. The number of nitrogens with zero attached hydrogens (tertiary/aromatic N) is 3. The number of Topliss-reactive ketones (excluding diaryl/α,β-unsaturated/α-hetero) is 1. The molecule has 0 saturated carbocycles. The number of aryl methyl sites for hydroxylation is 2. The summed E-state index contributed by atoms with van der Waals surface area (Å²) < 4.78 is 17.2. The molecule has 2 aromatic heterocycles. The predicted octanol–water partition coefficient (Wildman–Crippen LogP) is 4.14. The highest BCUT2D eigenvalue weighted by Gasteiger charge is 2.20. The SMILES string of the molecule is COc1cc(C(C)=O)ccc1Oc1nc(CN2CCOCC2)nc2sc(C)c(C)c12. The van der Waals surface area contributed by atoms with Crippen LogP contribution in [0.1, 0.15) is 33.5 Å². The van der Waals surface area contributed by atoms with E-state index in [9.17, 15) is 4.79 Å². The first-order chi connectivity index (χ1) is 14.5. The number of carbonyl (C=O) groups excluding carboxylic acids is 1. The van der Waals surface area contributed by atoms with Gasteiger partial charge in [-0.25, -0.2) is 4.98 Å². The standard InChI is InChI=1S/C22H25N3O4S/c1-13-15(3)30-22-20(13)21(23-19(24-22)12-25-7-9-28-10-8-25)29-17-6-5-16(14(2)26)11-18(17)27-4/h5-6,11H,7-10,12H2,1-4H3. The van der Waals surface area contributed by atoms with E-state index in [1.165, 1.54) is 11.8 Å². The van der Waals surface area contributed by atoms with Gasteiger partial charge in [-0.3, -0.25) is 9.69 Å². The molecule has 1 fully saturated rings. The van der Waals surface area contributed by atoms with Crippen LogP contribution in [-0.2, 0) is 11.3 Å². The van der Waals surface area contributed by atoms with Crippen molar-refractivity contribution in [3.8, 4) is 17.4 Å². The van der Waals surface area contributed by atoms with Crippen LogP contribution in [0.2, 0.25) is 0 Å². The quantitative estimate of drug-likeness (QED) is 0.547. The molecular weight excluding hydrogens is 402 g/mol. The summed E-state index contributed by atoms with van der Waals surface area (Å²) in [7, 11) is 1.56. The minimum Gasteiger partial charge on any atom is -0.493 e. The van der Waals surface area contributed by atoms with Crippen molar-refractivity contribution in [2.24, 2.45) is 0 Å². The first-order valence-corrected chi connectivity index (χ1v) is 10.7. The Labute approximate surface area is 179 Å². The van der Waals surface area contributed by atoms with Crippen LogP contribution in [0, 0.1) is 13.8 Å². The Morgan fingerprint density at radius 3 is 2.67 bits per heavy atom. The fourth-order valence-corrected chi connectivity index (χ4v) is 4.47. The van der Waals surface area contributed by atoms with E-state index < -0.39 is 0 Å². The first kappa shape index (κ1) is 20.7. The zero-order chi connectivity index (χ0) is 21.3. The minimum absolute atomic E-state index is 0.0265. The van der Waals surface area contributed by atoms with Crippen molar-refractivity contribution < 1.29 is 19.0 Å². The Bertz CT molecular complexity index is 1090. The number of rotatable bonds is 6. The number of methoxy groups -OCH3 is 1. The van der Waals surface area contributed by atoms with E-state index in [2.05, 4.69) is 18.7 Å². The molecule has 0 atom stereocenters. The van der Waals surface area contributed by atoms with Gasteiger partial charge in [0.05, 0.1) is 32.3 Å². The van der Waals surface area contributed by atoms with Crippen molar-refractivity contribution in [3.63, 3.8) is 0 Å². The van der Waals surface area contributed by atoms with E-state index >= 15 is 0 Å². The van der Waals surface area contributed by atoms with E-state index in [4.69, 9.17) is 24.2 Å². The second-order valence-corrected chi connectivity index (χ2v) is 8.52. The smallest absolute Gasteiger partial charge is 0.231 e. The first-order valence-electron chi connectivity index (χ1n) is 9.90. The molecular formula is C22H25N3O4S. The number of benzene rings is 1. The third-order valence-electron chi connectivity index (χ3n) is 5.29. The highest BCUT2D eigenvalue weighted by molar-refractivity contribution is 7.18. The summed E-state index contributed by atoms with van der Waals surface area (Å²) in [6, 6.07) is 5.18. The molecule has 0 unspecified atom stereocenters. The molecule has 0 bridgehead atoms. The molecule has 0 aliphatic carbocycles. The van der Waals surface area contributed by atoms with Crippen LogP contribution in [0.15, 0.2) is 18.2 Å². The zero-order valence-corrected chi connectivity index (χ0v) is 18.5. The van der Waals surface area contributed by atoms with Crippen LogP contribution in [0.25, 0.3) is 10.2 Å². The molecule has 1 aliphatic heterocycles. The maximum atomic E-state index is 11.7. The van der Waals surface area contributed by atoms with Crippen LogP contribution < -0.4 is 9.47 Å². The largest absolute Gasteiger partial charge is 0.493 e. The maximum absolute atomic E-state index is 11.7. The number of thiophene rings is 1. The third-order valence-corrected chi connectivity index (χ3v) is 6.39. The summed E-state index contributed by atoms with van der Waals surface area (Å²) in [5.74, 6) is 2.22. The highest BCUT2D eigenvalue weighted by atomic mass is 32.1. The van der Waals surface area contributed by atoms with Gasteiger partial charge in [-0.1, -0.05) is 0 Å². The lowest BCUT2D eigenvalue weighted by Crippen LogP contribution is -2.36.